The molecule has 1 aliphatic heterocycles. The zero-order chi connectivity index (χ0) is 17.6. The van der Waals surface area contributed by atoms with Crippen molar-refractivity contribution in [3.8, 4) is 11.5 Å². The molecule has 0 saturated carbocycles. The van der Waals surface area contributed by atoms with Gasteiger partial charge in [-0.25, -0.2) is 0 Å². The molecule has 1 atom stereocenters. The molecule has 7 nitrogen and oxygen atoms in total. The standard InChI is InChI=1S/C18H20N4O3/c1-2-15(23)20-14-10-4-3-5-11-16(24)19-13-9-7-6-8-12(13)17-21-22-18(14)25-17/h3-4,6-9,14H,2,5,10-11H2,1H3,(H,19,24)(H,20,23)/b4-3+/t14-/m0/s1. The lowest BCUT2D eigenvalue weighted by Crippen LogP contribution is -2.27. The monoisotopic (exact) mass is 340 g/mol. The first-order valence-corrected chi connectivity index (χ1v) is 8.34. The minimum absolute atomic E-state index is 0.0769. The molecular weight excluding hydrogens is 320 g/mol. The van der Waals surface area contributed by atoms with Crippen LogP contribution in [0.4, 0.5) is 5.69 Å². The Balaban J connectivity index is 1.98. The fourth-order valence-corrected chi connectivity index (χ4v) is 2.56. The molecule has 2 bridgehead atoms. The molecule has 2 heterocycles. The van der Waals surface area contributed by atoms with Crippen molar-refractivity contribution in [2.45, 2.75) is 38.6 Å². The number of benzene rings is 1. The summed E-state index contributed by atoms with van der Waals surface area (Å²) >= 11 is 0. The maximum atomic E-state index is 12.1. The maximum Gasteiger partial charge on any atom is 0.249 e. The minimum Gasteiger partial charge on any atom is -0.418 e. The number of para-hydroxylation sites is 1. The molecule has 0 fully saturated rings. The summed E-state index contributed by atoms with van der Waals surface area (Å²) in [5.74, 6) is 0.498. The van der Waals surface area contributed by atoms with E-state index in [1.165, 1.54) is 0 Å². The van der Waals surface area contributed by atoms with Gasteiger partial charge in [0.15, 0.2) is 0 Å². The molecule has 2 aromatic rings. The third kappa shape index (κ3) is 4.12. The number of nitrogens with zero attached hydrogens (tertiary/aromatic N) is 2. The average molecular weight is 340 g/mol. The number of carbonyl (C=O) groups is 2. The molecule has 3 rings (SSSR count). The zero-order valence-corrected chi connectivity index (χ0v) is 14.0. The second-order valence-corrected chi connectivity index (χ2v) is 5.76. The van der Waals surface area contributed by atoms with E-state index in [2.05, 4.69) is 20.8 Å². The molecule has 2 N–H and O–H groups in total. The van der Waals surface area contributed by atoms with Crippen LogP contribution in [-0.4, -0.2) is 22.0 Å². The Morgan fingerprint density at radius 2 is 2.16 bits per heavy atom. The molecule has 0 unspecified atom stereocenters. The van der Waals surface area contributed by atoms with Gasteiger partial charge >= 0.3 is 0 Å². The van der Waals surface area contributed by atoms with Crippen molar-refractivity contribution < 1.29 is 14.0 Å². The number of hydrogen-bond acceptors (Lipinski definition) is 5. The predicted molar refractivity (Wildman–Crippen MR) is 92.5 cm³/mol. The summed E-state index contributed by atoms with van der Waals surface area (Å²) in [6.07, 6.45) is 5.75. The van der Waals surface area contributed by atoms with E-state index >= 15 is 0 Å². The van der Waals surface area contributed by atoms with Crippen LogP contribution in [0.3, 0.4) is 0 Å². The summed E-state index contributed by atoms with van der Waals surface area (Å²) in [7, 11) is 0. The maximum absolute atomic E-state index is 12.1. The predicted octanol–water partition coefficient (Wildman–Crippen LogP) is 2.98. The number of anilines is 1. The number of allylic oxidation sites excluding steroid dienone is 1. The number of nitrogens with one attached hydrogen (secondary N) is 2. The SMILES string of the molecule is CCC(=O)N[C@H]1C/C=C/CCC(=O)Nc2ccccc2-c2nnc1o2. The largest absolute Gasteiger partial charge is 0.418 e. The lowest BCUT2D eigenvalue weighted by molar-refractivity contribution is -0.121. The normalized spacial score (nSPS) is 18.8. The molecule has 1 aliphatic rings. The highest BCUT2D eigenvalue weighted by Crippen LogP contribution is 2.29. The van der Waals surface area contributed by atoms with Crippen LogP contribution in [0.5, 0.6) is 0 Å². The lowest BCUT2D eigenvalue weighted by Gasteiger charge is -2.12. The Morgan fingerprint density at radius 1 is 1.32 bits per heavy atom. The van der Waals surface area contributed by atoms with Crippen LogP contribution in [0.25, 0.3) is 11.5 Å². The van der Waals surface area contributed by atoms with Gasteiger partial charge in [-0.05, 0) is 25.0 Å². The van der Waals surface area contributed by atoms with E-state index in [9.17, 15) is 9.59 Å². The molecule has 7 heteroatoms. The first-order chi connectivity index (χ1) is 12.2. The van der Waals surface area contributed by atoms with Crippen LogP contribution in [0, 0.1) is 0 Å². The molecule has 1 aromatic heterocycles. The van der Waals surface area contributed by atoms with Gasteiger partial charge in [0, 0.05) is 12.8 Å². The van der Waals surface area contributed by atoms with Crippen molar-refractivity contribution in [2.24, 2.45) is 0 Å². The van der Waals surface area contributed by atoms with Gasteiger partial charge in [0.25, 0.3) is 0 Å². The van der Waals surface area contributed by atoms with Crippen LogP contribution in [0.15, 0.2) is 40.8 Å². The number of hydrogen-bond donors (Lipinski definition) is 2. The second kappa shape index (κ2) is 7.74. The van der Waals surface area contributed by atoms with Crippen LogP contribution < -0.4 is 10.6 Å². The van der Waals surface area contributed by atoms with E-state index in [4.69, 9.17) is 4.42 Å². The highest BCUT2D eigenvalue weighted by molar-refractivity contribution is 5.94. The first kappa shape index (κ1) is 16.9. The van der Waals surface area contributed by atoms with Gasteiger partial charge in [-0.2, -0.15) is 0 Å². The van der Waals surface area contributed by atoms with E-state index in [0.717, 1.165) is 0 Å². The number of carbonyl (C=O) groups excluding carboxylic acids is 2. The molecule has 0 aliphatic carbocycles. The van der Waals surface area contributed by atoms with E-state index in [0.29, 0.717) is 48.7 Å². The first-order valence-electron chi connectivity index (χ1n) is 8.34. The van der Waals surface area contributed by atoms with Crippen molar-refractivity contribution in [1.29, 1.82) is 0 Å². The van der Waals surface area contributed by atoms with Crippen LogP contribution >= 0.6 is 0 Å². The highest BCUT2D eigenvalue weighted by Gasteiger charge is 2.21. The third-order valence-corrected chi connectivity index (χ3v) is 3.90. The van der Waals surface area contributed by atoms with Crippen molar-refractivity contribution >= 4 is 17.5 Å². The summed E-state index contributed by atoms with van der Waals surface area (Å²) in [6, 6.07) is 6.89. The smallest absolute Gasteiger partial charge is 0.249 e. The number of amides is 2. The van der Waals surface area contributed by atoms with Gasteiger partial charge in [-0.15, -0.1) is 10.2 Å². The number of aromatic nitrogens is 2. The van der Waals surface area contributed by atoms with Gasteiger partial charge in [-0.3, -0.25) is 9.59 Å². The van der Waals surface area contributed by atoms with Gasteiger partial charge in [0.1, 0.15) is 6.04 Å². The fourth-order valence-electron chi connectivity index (χ4n) is 2.56. The van der Waals surface area contributed by atoms with E-state index in [-0.39, 0.29) is 17.9 Å². The summed E-state index contributed by atoms with van der Waals surface area (Å²) in [5.41, 5.74) is 1.28. The van der Waals surface area contributed by atoms with Crippen molar-refractivity contribution in [3.63, 3.8) is 0 Å². The molecule has 2 amide bonds. The van der Waals surface area contributed by atoms with Crippen LogP contribution in [-0.2, 0) is 9.59 Å². The summed E-state index contributed by atoms with van der Waals surface area (Å²) in [4.78, 5) is 23.9. The van der Waals surface area contributed by atoms with Crippen molar-refractivity contribution in [1.82, 2.24) is 15.5 Å². The zero-order valence-electron chi connectivity index (χ0n) is 14.0. The van der Waals surface area contributed by atoms with Crippen LogP contribution in [0.1, 0.15) is 44.5 Å². The minimum atomic E-state index is -0.387. The lowest BCUT2D eigenvalue weighted by atomic mass is 10.1. The second-order valence-electron chi connectivity index (χ2n) is 5.76. The summed E-state index contributed by atoms with van der Waals surface area (Å²) in [5, 5.41) is 14.0. The molecular formula is C18H20N4O3. The van der Waals surface area contributed by atoms with Gasteiger partial charge < -0.3 is 15.1 Å². The highest BCUT2D eigenvalue weighted by atomic mass is 16.4. The van der Waals surface area contributed by atoms with E-state index in [1.54, 1.807) is 13.0 Å². The molecule has 0 radical (unpaired) electrons. The Kier molecular flexibility index (Phi) is 5.23. The topological polar surface area (TPSA) is 97.1 Å². The Morgan fingerprint density at radius 3 is 3.00 bits per heavy atom. The fraction of sp³-hybridized carbons (Fsp3) is 0.333. The van der Waals surface area contributed by atoms with E-state index in [1.807, 2.05) is 30.4 Å². The average Bonchev–Trinajstić information content (AvgIpc) is 3.10. The molecule has 0 spiro atoms. The number of fused-ring (bicyclic) bond motifs is 4. The van der Waals surface area contributed by atoms with E-state index < -0.39 is 0 Å². The van der Waals surface area contributed by atoms with Crippen molar-refractivity contribution in [2.75, 3.05) is 5.32 Å². The Bertz CT molecular complexity index is 797. The van der Waals surface area contributed by atoms with Gasteiger partial charge in [-0.1, -0.05) is 31.2 Å². The summed E-state index contributed by atoms with van der Waals surface area (Å²) < 4.78 is 5.79. The van der Waals surface area contributed by atoms with Crippen LogP contribution in [0.2, 0.25) is 0 Å². The molecule has 25 heavy (non-hydrogen) atoms. The van der Waals surface area contributed by atoms with Gasteiger partial charge in [0.2, 0.25) is 23.6 Å². The molecule has 0 saturated heterocycles. The molecule has 1 aromatic carbocycles. The van der Waals surface area contributed by atoms with Crippen molar-refractivity contribution in [3.05, 3.63) is 42.3 Å². The number of rotatable bonds is 2. The Hall–Kier alpha value is -2.96. The third-order valence-electron chi connectivity index (χ3n) is 3.90. The van der Waals surface area contributed by atoms with Gasteiger partial charge in [0.05, 0.1) is 11.3 Å². The molecule has 130 valence electrons. The quantitative estimate of drug-likeness (QED) is 0.819. The Labute approximate surface area is 145 Å². The summed E-state index contributed by atoms with van der Waals surface area (Å²) in [6.45, 7) is 1.79.